The summed E-state index contributed by atoms with van der Waals surface area (Å²) in [5, 5.41) is 0. The molecule has 4 nitrogen and oxygen atoms in total. The first-order valence-electron chi connectivity index (χ1n) is 3.41. The van der Waals surface area contributed by atoms with Gasteiger partial charge in [0.05, 0.1) is 7.11 Å². The van der Waals surface area contributed by atoms with Crippen molar-refractivity contribution in [2.75, 3.05) is 12.8 Å². The highest BCUT2D eigenvalue weighted by molar-refractivity contribution is 5.43. The molecule has 72 valence electrons. The number of hydrogen-bond donors (Lipinski definition) is 2. The molecule has 0 aromatic carbocycles. The van der Waals surface area contributed by atoms with E-state index >= 15 is 0 Å². The van der Waals surface area contributed by atoms with Crippen LogP contribution in [0.1, 0.15) is 12.0 Å². The highest BCUT2D eigenvalue weighted by atomic mass is 19.3. The van der Waals surface area contributed by atoms with Crippen LogP contribution in [-0.4, -0.2) is 12.1 Å². The van der Waals surface area contributed by atoms with Crippen molar-refractivity contribution in [1.29, 1.82) is 0 Å². The van der Waals surface area contributed by atoms with Crippen LogP contribution < -0.4 is 15.9 Å². The molecule has 6 heteroatoms. The molecular weight excluding hydrogens is 182 g/mol. The quantitative estimate of drug-likeness (QED) is 0.728. The molecule has 0 radical (unpaired) electrons. The number of pyridine rings is 1. The summed E-state index contributed by atoms with van der Waals surface area (Å²) in [5.74, 6) is -0.509. The smallest absolute Gasteiger partial charge is 0.271 e. The number of ether oxygens (including phenoxy) is 1. The summed E-state index contributed by atoms with van der Waals surface area (Å²) in [6.07, 6.45) is -1.76. The van der Waals surface area contributed by atoms with Crippen LogP contribution in [0.5, 0.6) is 5.75 Å². The van der Waals surface area contributed by atoms with Gasteiger partial charge in [0.15, 0.2) is 5.75 Å². The van der Waals surface area contributed by atoms with Crippen LogP contribution in [0.4, 0.5) is 14.6 Å². The number of alkyl halides is 2. The molecule has 0 spiro atoms. The number of halogens is 2. The first-order valence-corrected chi connectivity index (χ1v) is 3.41. The number of aromatic amines is 1. The number of aromatic nitrogens is 1. The molecule has 0 amide bonds. The summed E-state index contributed by atoms with van der Waals surface area (Å²) < 4.78 is 29.1. The Kier molecular flexibility index (Phi) is 2.50. The lowest BCUT2D eigenvalue weighted by Gasteiger charge is -2.05. The number of methoxy groups -OCH3 is 1. The Morgan fingerprint density at radius 3 is 2.69 bits per heavy atom. The van der Waals surface area contributed by atoms with Gasteiger partial charge in [-0.3, -0.25) is 4.79 Å². The number of anilines is 1. The fraction of sp³-hybridized carbons (Fsp3) is 0.286. The van der Waals surface area contributed by atoms with Gasteiger partial charge in [0, 0.05) is 6.20 Å². The molecule has 1 aromatic rings. The van der Waals surface area contributed by atoms with Gasteiger partial charge in [-0.25, -0.2) is 8.78 Å². The standard InChI is InChI=1S/C7H8F2N2O2/c1-13-3-2-11-7(10)4(5(3)12)6(8)9/h2,6H,1H3,(H3,10,11,12). The third kappa shape index (κ3) is 1.61. The summed E-state index contributed by atoms with van der Waals surface area (Å²) in [6, 6.07) is 0. The lowest BCUT2D eigenvalue weighted by Crippen LogP contribution is -2.15. The topological polar surface area (TPSA) is 68.1 Å². The average Bonchev–Trinajstić information content (AvgIpc) is 2.04. The molecule has 13 heavy (non-hydrogen) atoms. The van der Waals surface area contributed by atoms with Gasteiger partial charge in [-0.1, -0.05) is 0 Å². The van der Waals surface area contributed by atoms with Crippen molar-refractivity contribution in [3.8, 4) is 5.75 Å². The second-order valence-electron chi connectivity index (χ2n) is 2.31. The van der Waals surface area contributed by atoms with Crippen LogP contribution in [0.15, 0.2) is 11.0 Å². The van der Waals surface area contributed by atoms with E-state index in [1.165, 1.54) is 7.11 Å². The number of nitrogens with one attached hydrogen (secondary N) is 1. The first-order chi connectivity index (χ1) is 6.07. The Morgan fingerprint density at radius 1 is 1.62 bits per heavy atom. The zero-order valence-corrected chi connectivity index (χ0v) is 6.80. The summed E-state index contributed by atoms with van der Waals surface area (Å²) >= 11 is 0. The molecule has 0 aliphatic rings. The summed E-state index contributed by atoms with van der Waals surface area (Å²) in [6.45, 7) is 0. The maximum absolute atomic E-state index is 12.2. The minimum Gasteiger partial charge on any atom is -0.491 e. The fourth-order valence-corrected chi connectivity index (χ4v) is 0.910. The van der Waals surface area contributed by atoms with E-state index in [0.29, 0.717) is 0 Å². The van der Waals surface area contributed by atoms with Crippen molar-refractivity contribution in [3.63, 3.8) is 0 Å². The van der Waals surface area contributed by atoms with Gasteiger partial charge < -0.3 is 15.5 Å². The van der Waals surface area contributed by atoms with E-state index in [2.05, 4.69) is 9.72 Å². The van der Waals surface area contributed by atoms with Crippen molar-refractivity contribution < 1.29 is 13.5 Å². The Morgan fingerprint density at radius 2 is 2.23 bits per heavy atom. The molecule has 3 N–H and O–H groups in total. The van der Waals surface area contributed by atoms with Gasteiger partial charge in [0.25, 0.3) is 6.43 Å². The molecule has 0 atom stereocenters. The molecule has 0 aliphatic carbocycles. The van der Waals surface area contributed by atoms with E-state index in [4.69, 9.17) is 5.73 Å². The maximum atomic E-state index is 12.2. The lowest BCUT2D eigenvalue weighted by atomic mass is 10.2. The molecule has 0 aliphatic heterocycles. The molecule has 1 rings (SSSR count). The molecule has 1 aromatic heterocycles. The van der Waals surface area contributed by atoms with E-state index in [1.807, 2.05) is 0 Å². The fourth-order valence-electron chi connectivity index (χ4n) is 0.910. The van der Waals surface area contributed by atoms with Crippen LogP contribution in [0.25, 0.3) is 0 Å². The predicted molar refractivity (Wildman–Crippen MR) is 43.0 cm³/mol. The van der Waals surface area contributed by atoms with Crippen molar-refractivity contribution in [1.82, 2.24) is 4.98 Å². The minimum absolute atomic E-state index is 0.176. The van der Waals surface area contributed by atoms with E-state index in [9.17, 15) is 13.6 Å². The van der Waals surface area contributed by atoms with E-state index in [-0.39, 0.29) is 11.6 Å². The minimum atomic E-state index is -2.90. The Bertz CT molecular complexity index is 362. The summed E-state index contributed by atoms with van der Waals surface area (Å²) in [7, 11) is 1.22. The third-order valence-corrected chi connectivity index (χ3v) is 1.56. The maximum Gasteiger partial charge on any atom is 0.271 e. The highest BCUT2D eigenvalue weighted by Crippen LogP contribution is 2.21. The molecular formula is C7H8F2N2O2. The normalized spacial score (nSPS) is 10.5. The molecule has 0 fully saturated rings. The third-order valence-electron chi connectivity index (χ3n) is 1.56. The van der Waals surface area contributed by atoms with Crippen LogP contribution in [0.3, 0.4) is 0 Å². The Hall–Kier alpha value is -1.59. The van der Waals surface area contributed by atoms with Crippen molar-refractivity contribution in [3.05, 3.63) is 22.0 Å². The zero-order chi connectivity index (χ0) is 10.0. The van der Waals surface area contributed by atoms with E-state index < -0.39 is 17.4 Å². The zero-order valence-electron chi connectivity index (χ0n) is 6.80. The van der Waals surface area contributed by atoms with Gasteiger partial charge in [-0.2, -0.15) is 0 Å². The van der Waals surface area contributed by atoms with Crippen molar-refractivity contribution >= 4 is 5.82 Å². The van der Waals surface area contributed by atoms with Gasteiger partial charge in [-0.05, 0) is 0 Å². The van der Waals surface area contributed by atoms with Gasteiger partial charge in [0.1, 0.15) is 11.4 Å². The van der Waals surface area contributed by atoms with Gasteiger partial charge >= 0.3 is 0 Å². The number of H-pyrrole nitrogens is 1. The first kappa shape index (κ1) is 9.50. The average molecular weight is 190 g/mol. The lowest BCUT2D eigenvalue weighted by molar-refractivity contribution is 0.150. The van der Waals surface area contributed by atoms with Crippen LogP contribution in [0, 0.1) is 0 Å². The predicted octanol–water partition coefficient (Wildman–Crippen LogP) is 0.903. The number of hydrogen-bond acceptors (Lipinski definition) is 3. The van der Waals surface area contributed by atoms with Crippen molar-refractivity contribution in [2.24, 2.45) is 0 Å². The Balaban J connectivity index is 3.39. The second kappa shape index (κ2) is 3.42. The van der Waals surface area contributed by atoms with Crippen LogP contribution in [0.2, 0.25) is 0 Å². The van der Waals surface area contributed by atoms with Crippen LogP contribution in [-0.2, 0) is 0 Å². The molecule has 0 bridgehead atoms. The van der Waals surface area contributed by atoms with Gasteiger partial charge in [-0.15, -0.1) is 0 Å². The number of rotatable bonds is 2. The second-order valence-corrected chi connectivity index (χ2v) is 2.31. The largest absolute Gasteiger partial charge is 0.491 e. The number of nitrogen functional groups attached to an aromatic ring is 1. The van der Waals surface area contributed by atoms with Crippen LogP contribution >= 0.6 is 0 Å². The van der Waals surface area contributed by atoms with Gasteiger partial charge in [0.2, 0.25) is 5.43 Å². The number of nitrogens with two attached hydrogens (primary N) is 1. The summed E-state index contributed by atoms with van der Waals surface area (Å²) in [5.41, 5.74) is 3.52. The molecule has 0 unspecified atom stereocenters. The molecule has 1 heterocycles. The Labute approximate surface area is 72.3 Å². The van der Waals surface area contributed by atoms with Crippen molar-refractivity contribution in [2.45, 2.75) is 6.43 Å². The molecule has 0 saturated carbocycles. The SMILES string of the molecule is COc1c[nH]c(N)c(C(F)F)c1=O. The highest BCUT2D eigenvalue weighted by Gasteiger charge is 2.18. The van der Waals surface area contributed by atoms with E-state index in [0.717, 1.165) is 6.20 Å². The molecule has 0 saturated heterocycles. The summed E-state index contributed by atoms with van der Waals surface area (Å²) in [4.78, 5) is 13.5. The monoisotopic (exact) mass is 190 g/mol. The van der Waals surface area contributed by atoms with E-state index in [1.54, 1.807) is 0 Å².